The predicted molar refractivity (Wildman–Crippen MR) is 62.7 cm³/mol. The van der Waals surface area contributed by atoms with Crippen LogP contribution < -0.4 is 0 Å². The Hall–Kier alpha value is 0.790. The Morgan fingerprint density at radius 1 is 1.45 bits per heavy atom. The maximum Gasteiger partial charge on any atom is 0.104 e. The first-order chi connectivity index (χ1) is 5.16. The summed E-state index contributed by atoms with van der Waals surface area (Å²) in [6.07, 6.45) is 2.55. The van der Waals surface area contributed by atoms with Crippen molar-refractivity contribution in [2.75, 3.05) is 5.75 Å². The zero-order valence-electron chi connectivity index (χ0n) is 7.42. The van der Waals surface area contributed by atoms with Crippen LogP contribution in [-0.4, -0.2) is 14.5 Å². The quantitative estimate of drug-likeness (QED) is 0.507. The van der Waals surface area contributed by atoms with E-state index in [-0.39, 0.29) is 0 Å². The lowest BCUT2D eigenvalue weighted by atomic mass is 10.4. The van der Waals surface area contributed by atoms with E-state index in [0.717, 1.165) is 3.53 Å². The second-order valence-corrected chi connectivity index (χ2v) is 6.49. The topological polar surface area (TPSA) is 0 Å². The average Bonchev–Trinajstić information content (AvgIpc) is 1.86. The maximum atomic E-state index is 5.17. The van der Waals surface area contributed by atoms with Crippen molar-refractivity contribution in [1.82, 2.24) is 0 Å². The molecule has 0 aromatic rings. The van der Waals surface area contributed by atoms with Gasteiger partial charge in [-0.1, -0.05) is 39.4 Å². The molecule has 0 aliphatic rings. The van der Waals surface area contributed by atoms with Crippen molar-refractivity contribution >= 4 is 39.3 Å². The Balaban J connectivity index is 3.23. The molecule has 0 unspecified atom stereocenters. The third-order valence-electron chi connectivity index (χ3n) is 1.05. The Morgan fingerprint density at radius 3 is 2.55 bits per heavy atom. The molecule has 0 nitrogen and oxygen atoms in total. The molecule has 0 radical (unpaired) electrons. The first kappa shape index (κ1) is 11.8. The predicted octanol–water partition coefficient (Wildman–Crippen LogP) is 3.95. The highest BCUT2D eigenvalue weighted by Crippen LogP contribution is 2.22. The first-order valence-electron chi connectivity index (χ1n) is 4.00. The number of rotatable bonds is 4. The summed E-state index contributed by atoms with van der Waals surface area (Å²) in [6.45, 7) is 6.56. The molecule has 0 heterocycles. The fourth-order valence-electron chi connectivity index (χ4n) is 0.526. The van der Waals surface area contributed by atoms with Crippen molar-refractivity contribution < 1.29 is 0 Å². The van der Waals surface area contributed by atoms with Gasteiger partial charge in [-0.15, -0.1) is 23.5 Å². The van der Waals surface area contributed by atoms with Crippen molar-refractivity contribution in [1.29, 1.82) is 0 Å². The van der Waals surface area contributed by atoms with Gasteiger partial charge >= 0.3 is 0 Å². The van der Waals surface area contributed by atoms with Crippen LogP contribution in [0.25, 0.3) is 0 Å². The highest BCUT2D eigenvalue weighted by molar-refractivity contribution is 8.47. The van der Waals surface area contributed by atoms with Gasteiger partial charge < -0.3 is 0 Å². The van der Waals surface area contributed by atoms with Gasteiger partial charge in [0.25, 0.3) is 0 Å². The molecule has 0 rings (SSSR count). The molecule has 0 spiro atoms. The summed E-state index contributed by atoms with van der Waals surface area (Å²) < 4.78 is 1.11. The zero-order valence-corrected chi connectivity index (χ0v) is 9.87. The molecule has 0 aromatic carbocycles. The van der Waals surface area contributed by atoms with E-state index in [1.165, 1.54) is 18.6 Å². The fourth-order valence-corrected chi connectivity index (χ4v) is 3.44. The molecular formula is C8H16S3. The Bertz CT molecular complexity index is 110. The minimum Gasteiger partial charge on any atom is -0.108 e. The van der Waals surface area contributed by atoms with Gasteiger partial charge in [0.1, 0.15) is 3.53 Å². The van der Waals surface area contributed by atoms with Crippen LogP contribution in [0.2, 0.25) is 0 Å². The summed E-state index contributed by atoms with van der Waals surface area (Å²) in [7, 11) is 0. The smallest absolute Gasteiger partial charge is 0.104 e. The molecule has 0 saturated heterocycles. The third-order valence-corrected chi connectivity index (χ3v) is 3.73. The van der Waals surface area contributed by atoms with Crippen LogP contribution >= 0.6 is 35.7 Å². The van der Waals surface area contributed by atoms with Crippen LogP contribution in [0.5, 0.6) is 0 Å². The van der Waals surface area contributed by atoms with Gasteiger partial charge in [0.05, 0.1) is 0 Å². The molecule has 11 heavy (non-hydrogen) atoms. The van der Waals surface area contributed by atoms with E-state index in [1.807, 2.05) is 11.8 Å². The molecular weight excluding hydrogens is 192 g/mol. The summed E-state index contributed by atoms with van der Waals surface area (Å²) in [5.74, 6) is 1.19. The van der Waals surface area contributed by atoms with Crippen LogP contribution in [0.15, 0.2) is 0 Å². The van der Waals surface area contributed by atoms with Crippen molar-refractivity contribution in [2.45, 2.75) is 38.9 Å². The van der Waals surface area contributed by atoms with E-state index in [9.17, 15) is 0 Å². The lowest BCUT2D eigenvalue weighted by Gasteiger charge is -2.04. The van der Waals surface area contributed by atoms with E-state index in [4.69, 9.17) is 12.2 Å². The summed E-state index contributed by atoms with van der Waals surface area (Å²) in [5.41, 5.74) is 0. The van der Waals surface area contributed by atoms with Gasteiger partial charge in [-0.2, -0.15) is 0 Å². The fraction of sp³-hybridized carbons (Fsp3) is 0.875. The third kappa shape index (κ3) is 8.70. The number of unbranched alkanes of at least 4 members (excludes halogenated alkanes) is 1. The van der Waals surface area contributed by atoms with E-state index in [1.54, 1.807) is 11.8 Å². The minimum absolute atomic E-state index is 0.636. The monoisotopic (exact) mass is 208 g/mol. The molecule has 0 aliphatic carbocycles. The van der Waals surface area contributed by atoms with Crippen molar-refractivity contribution in [3.05, 3.63) is 0 Å². The normalized spacial score (nSPS) is 10.5. The second kappa shape index (κ2) is 7.44. The highest BCUT2D eigenvalue weighted by Gasteiger charge is 2.00. The van der Waals surface area contributed by atoms with Crippen LogP contribution in [0.1, 0.15) is 33.6 Å². The molecule has 0 saturated carbocycles. The highest BCUT2D eigenvalue weighted by atomic mass is 32.2. The number of hydrogen-bond acceptors (Lipinski definition) is 3. The second-order valence-electron chi connectivity index (χ2n) is 2.62. The van der Waals surface area contributed by atoms with Gasteiger partial charge in [-0.25, -0.2) is 0 Å². The van der Waals surface area contributed by atoms with Crippen molar-refractivity contribution in [2.24, 2.45) is 0 Å². The molecule has 0 fully saturated rings. The Morgan fingerprint density at radius 2 is 2.09 bits per heavy atom. The molecule has 3 heteroatoms. The molecule has 0 aliphatic heterocycles. The number of hydrogen-bond donors (Lipinski definition) is 0. The molecule has 0 bridgehead atoms. The first-order valence-corrected chi connectivity index (χ1v) is 6.27. The largest absolute Gasteiger partial charge is 0.108 e. The molecule has 66 valence electrons. The molecule has 0 N–H and O–H groups in total. The Kier molecular flexibility index (Phi) is 7.97. The minimum atomic E-state index is 0.636. The lowest BCUT2D eigenvalue weighted by molar-refractivity contribution is 0.898. The Labute approximate surface area is 83.9 Å². The number of thiocarbonyl (C=S) groups is 1. The standard InChI is InChI=1S/C8H16S3/c1-4-5-6-10-8(9)11-7(2)3/h7H,4-6H2,1-3H3. The summed E-state index contributed by atoms with van der Waals surface area (Å²) in [5, 5.41) is 0.636. The summed E-state index contributed by atoms with van der Waals surface area (Å²) in [4.78, 5) is 0. The SMILES string of the molecule is CCCCSC(=S)SC(C)C. The van der Waals surface area contributed by atoms with Gasteiger partial charge in [-0.3, -0.25) is 0 Å². The van der Waals surface area contributed by atoms with Gasteiger partial charge in [-0.05, 0) is 12.2 Å². The van der Waals surface area contributed by atoms with E-state index >= 15 is 0 Å². The van der Waals surface area contributed by atoms with Gasteiger partial charge in [0.15, 0.2) is 0 Å². The molecule has 0 atom stereocenters. The van der Waals surface area contributed by atoms with Crippen molar-refractivity contribution in [3.63, 3.8) is 0 Å². The summed E-state index contributed by atoms with van der Waals surface area (Å²) in [6, 6.07) is 0. The van der Waals surface area contributed by atoms with Crippen LogP contribution in [0.4, 0.5) is 0 Å². The van der Waals surface area contributed by atoms with Crippen molar-refractivity contribution in [3.8, 4) is 0 Å². The van der Waals surface area contributed by atoms with Gasteiger partial charge in [0.2, 0.25) is 0 Å². The average molecular weight is 208 g/mol. The molecule has 0 amide bonds. The molecule has 0 aromatic heterocycles. The van der Waals surface area contributed by atoms with Crippen LogP contribution in [0, 0.1) is 0 Å². The van der Waals surface area contributed by atoms with E-state index < -0.39 is 0 Å². The van der Waals surface area contributed by atoms with Crippen LogP contribution in [-0.2, 0) is 0 Å². The summed E-state index contributed by atoms with van der Waals surface area (Å²) >= 11 is 8.79. The van der Waals surface area contributed by atoms with E-state index in [0.29, 0.717) is 5.25 Å². The van der Waals surface area contributed by atoms with Gasteiger partial charge in [0, 0.05) is 5.25 Å². The lowest BCUT2D eigenvalue weighted by Crippen LogP contribution is -1.92. The number of thioether (sulfide) groups is 2. The maximum absolute atomic E-state index is 5.17. The van der Waals surface area contributed by atoms with E-state index in [2.05, 4.69) is 20.8 Å². The van der Waals surface area contributed by atoms with Crippen LogP contribution in [0.3, 0.4) is 0 Å². The zero-order chi connectivity index (χ0) is 8.69.